The van der Waals surface area contributed by atoms with Gasteiger partial charge in [0.25, 0.3) is 0 Å². The second-order valence-electron chi connectivity index (χ2n) is 7.04. The molecule has 30 heavy (non-hydrogen) atoms. The Balaban J connectivity index is 1.48. The lowest BCUT2D eigenvalue weighted by Gasteiger charge is -2.30. The van der Waals surface area contributed by atoms with Crippen LogP contribution in [0.2, 0.25) is 0 Å². The van der Waals surface area contributed by atoms with Crippen molar-refractivity contribution in [1.82, 2.24) is 9.97 Å². The van der Waals surface area contributed by atoms with Crippen LogP contribution in [0, 0.1) is 0 Å². The first-order valence-corrected chi connectivity index (χ1v) is 10.8. The smallest absolute Gasteiger partial charge is 0.144 e. The average molecular weight is 419 g/mol. The Morgan fingerprint density at radius 2 is 1.97 bits per heavy atom. The molecule has 3 heterocycles. The van der Waals surface area contributed by atoms with E-state index in [-0.39, 0.29) is 0 Å². The highest BCUT2D eigenvalue weighted by atomic mass is 32.1. The highest BCUT2D eigenvalue weighted by molar-refractivity contribution is 7.13. The number of anilines is 3. The van der Waals surface area contributed by atoms with Gasteiger partial charge in [0.1, 0.15) is 17.9 Å². The van der Waals surface area contributed by atoms with Gasteiger partial charge in [-0.15, -0.1) is 11.3 Å². The van der Waals surface area contributed by atoms with Crippen LogP contribution in [0.3, 0.4) is 0 Å². The monoisotopic (exact) mass is 418 g/mol. The molecule has 1 saturated heterocycles. The van der Waals surface area contributed by atoms with Crippen LogP contribution in [-0.2, 0) is 4.74 Å². The maximum absolute atomic E-state index is 5.68. The van der Waals surface area contributed by atoms with E-state index in [1.807, 2.05) is 12.1 Å². The SMILES string of the molecule is COc1cc(Nc2ncnc3ccc(-c4cccs4)cc23)ccc1N1CCOCC1. The molecule has 1 fully saturated rings. The number of hydrogen-bond acceptors (Lipinski definition) is 7. The van der Waals surface area contributed by atoms with E-state index >= 15 is 0 Å². The van der Waals surface area contributed by atoms with Gasteiger partial charge in [0.15, 0.2) is 0 Å². The summed E-state index contributed by atoms with van der Waals surface area (Å²) in [4.78, 5) is 12.4. The van der Waals surface area contributed by atoms with E-state index in [2.05, 4.69) is 62.0 Å². The molecule has 0 amide bonds. The van der Waals surface area contributed by atoms with Crippen molar-refractivity contribution in [3.63, 3.8) is 0 Å². The number of nitrogens with zero attached hydrogens (tertiary/aromatic N) is 3. The average Bonchev–Trinajstić information content (AvgIpc) is 3.35. The fraction of sp³-hybridized carbons (Fsp3) is 0.217. The van der Waals surface area contributed by atoms with Crippen molar-refractivity contribution >= 4 is 39.4 Å². The van der Waals surface area contributed by atoms with E-state index in [9.17, 15) is 0 Å². The molecule has 1 N–H and O–H groups in total. The van der Waals surface area contributed by atoms with Crippen molar-refractivity contribution < 1.29 is 9.47 Å². The molecule has 7 heteroatoms. The number of rotatable bonds is 5. The largest absolute Gasteiger partial charge is 0.495 e. The summed E-state index contributed by atoms with van der Waals surface area (Å²) in [6.45, 7) is 3.21. The zero-order chi connectivity index (χ0) is 20.3. The quantitative estimate of drug-likeness (QED) is 0.495. The number of morpholine rings is 1. The minimum absolute atomic E-state index is 0.739. The third kappa shape index (κ3) is 3.69. The predicted molar refractivity (Wildman–Crippen MR) is 122 cm³/mol. The van der Waals surface area contributed by atoms with Gasteiger partial charge in [-0.2, -0.15) is 0 Å². The molecule has 1 aliphatic heterocycles. The van der Waals surface area contributed by atoms with E-state index in [4.69, 9.17) is 9.47 Å². The summed E-state index contributed by atoms with van der Waals surface area (Å²) in [5, 5.41) is 6.52. The molecule has 5 rings (SSSR count). The van der Waals surface area contributed by atoms with Crippen LogP contribution < -0.4 is 15.0 Å². The molecule has 0 saturated carbocycles. The van der Waals surface area contributed by atoms with Crippen LogP contribution in [0.25, 0.3) is 21.3 Å². The van der Waals surface area contributed by atoms with Crippen LogP contribution in [0.1, 0.15) is 0 Å². The van der Waals surface area contributed by atoms with Gasteiger partial charge < -0.3 is 19.7 Å². The molecule has 0 bridgehead atoms. The third-order valence-electron chi connectivity index (χ3n) is 5.24. The van der Waals surface area contributed by atoms with Gasteiger partial charge >= 0.3 is 0 Å². The van der Waals surface area contributed by atoms with Crippen LogP contribution >= 0.6 is 11.3 Å². The Kier molecular flexibility index (Phi) is 5.21. The standard InChI is InChI=1S/C23H22N4O2S/c1-28-21-14-17(5-7-20(21)27-8-10-29-11-9-27)26-23-18-13-16(22-3-2-12-30-22)4-6-19(18)24-15-25-23/h2-7,12-15H,8-11H2,1H3,(H,24,25,26). The van der Waals surface area contributed by atoms with Gasteiger partial charge in [-0.3, -0.25) is 0 Å². The number of thiophene rings is 1. The van der Waals surface area contributed by atoms with Gasteiger partial charge in [-0.1, -0.05) is 12.1 Å². The van der Waals surface area contributed by atoms with Crippen LogP contribution in [0.15, 0.2) is 60.2 Å². The molecule has 4 aromatic rings. The maximum Gasteiger partial charge on any atom is 0.144 e. The molecule has 0 radical (unpaired) electrons. The lowest BCUT2D eigenvalue weighted by atomic mass is 10.1. The van der Waals surface area contributed by atoms with Gasteiger partial charge in [0.2, 0.25) is 0 Å². The molecule has 2 aromatic heterocycles. The number of methoxy groups -OCH3 is 1. The Labute approximate surface area is 179 Å². The molecule has 6 nitrogen and oxygen atoms in total. The van der Waals surface area contributed by atoms with Crippen molar-refractivity contribution in [2.75, 3.05) is 43.6 Å². The number of benzene rings is 2. The number of aromatic nitrogens is 2. The summed E-state index contributed by atoms with van der Waals surface area (Å²) in [6.07, 6.45) is 1.59. The van der Waals surface area contributed by atoms with Gasteiger partial charge in [-0.05, 0) is 41.3 Å². The Morgan fingerprint density at radius 3 is 2.77 bits per heavy atom. The first kappa shape index (κ1) is 18.8. The predicted octanol–water partition coefficient (Wildman–Crippen LogP) is 4.95. The summed E-state index contributed by atoms with van der Waals surface area (Å²) in [5.74, 6) is 1.61. The van der Waals surface area contributed by atoms with E-state index < -0.39 is 0 Å². The summed E-state index contributed by atoms with van der Waals surface area (Å²) in [7, 11) is 1.70. The molecule has 0 spiro atoms. The highest BCUT2D eigenvalue weighted by Crippen LogP contribution is 2.34. The highest BCUT2D eigenvalue weighted by Gasteiger charge is 2.16. The second kappa shape index (κ2) is 8.30. The van der Waals surface area contributed by atoms with Crippen LogP contribution in [0.4, 0.5) is 17.2 Å². The number of hydrogen-bond donors (Lipinski definition) is 1. The van der Waals surface area contributed by atoms with Crippen molar-refractivity contribution in [2.45, 2.75) is 0 Å². The first-order chi connectivity index (χ1) is 14.8. The van der Waals surface area contributed by atoms with Crippen molar-refractivity contribution in [3.8, 4) is 16.2 Å². The summed E-state index contributed by atoms with van der Waals surface area (Å²) >= 11 is 1.72. The van der Waals surface area contributed by atoms with Crippen LogP contribution in [0.5, 0.6) is 5.75 Å². The van der Waals surface area contributed by atoms with Crippen LogP contribution in [-0.4, -0.2) is 43.4 Å². The summed E-state index contributed by atoms with van der Waals surface area (Å²) < 4.78 is 11.1. The molecular weight excluding hydrogens is 396 g/mol. The minimum Gasteiger partial charge on any atom is -0.495 e. The van der Waals surface area contributed by atoms with Gasteiger partial charge in [-0.25, -0.2) is 9.97 Å². The van der Waals surface area contributed by atoms with Crippen molar-refractivity contribution in [1.29, 1.82) is 0 Å². The van der Waals surface area contributed by atoms with E-state index in [1.165, 1.54) is 4.88 Å². The fourth-order valence-electron chi connectivity index (χ4n) is 3.71. The van der Waals surface area contributed by atoms with E-state index in [0.717, 1.165) is 65.7 Å². The van der Waals surface area contributed by atoms with E-state index in [1.54, 1.807) is 24.8 Å². The molecule has 2 aromatic carbocycles. The number of nitrogens with one attached hydrogen (secondary N) is 1. The Bertz CT molecular complexity index is 1160. The minimum atomic E-state index is 0.739. The molecular formula is C23H22N4O2S. The summed E-state index contributed by atoms with van der Waals surface area (Å²) in [5.41, 5.74) is 4.07. The van der Waals surface area contributed by atoms with Gasteiger partial charge in [0, 0.05) is 35.1 Å². The van der Waals surface area contributed by atoms with E-state index in [0.29, 0.717) is 0 Å². The molecule has 152 valence electrons. The van der Waals surface area contributed by atoms with Gasteiger partial charge in [0.05, 0.1) is 31.5 Å². The number of ether oxygens (including phenoxy) is 2. The Morgan fingerprint density at radius 1 is 1.07 bits per heavy atom. The lowest BCUT2D eigenvalue weighted by molar-refractivity contribution is 0.122. The molecule has 0 unspecified atom stereocenters. The van der Waals surface area contributed by atoms with Crippen molar-refractivity contribution in [3.05, 3.63) is 60.2 Å². The summed E-state index contributed by atoms with van der Waals surface area (Å²) in [6, 6.07) is 16.6. The number of fused-ring (bicyclic) bond motifs is 1. The zero-order valence-corrected chi connectivity index (χ0v) is 17.5. The molecule has 1 aliphatic rings. The van der Waals surface area contributed by atoms with Crippen molar-refractivity contribution in [2.24, 2.45) is 0 Å². The zero-order valence-electron chi connectivity index (χ0n) is 16.7. The second-order valence-corrected chi connectivity index (χ2v) is 7.99. The molecule has 0 aliphatic carbocycles. The Hall–Kier alpha value is -3.16. The normalized spacial score (nSPS) is 14.1. The fourth-order valence-corrected chi connectivity index (χ4v) is 4.43. The molecule has 0 atom stereocenters. The maximum atomic E-state index is 5.68. The topological polar surface area (TPSA) is 59.5 Å². The third-order valence-corrected chi connectivity index (χ3v) is 6.15. The lowest BCUT2D eigenvalue weighted by Crippen LogP contribution is -2.36. The first-order valence-electron chi connectivity index (χ1n) is 9.88.